The van der Waals surface area contributed by atoms with Crippen LogP contribution in [0.5, 0.6) is 0 Å². The van der Waals surface area contributed by atoms with E-state index in [-0.39, 0.29) is 0 Å². The van der Waals surface area contributed by atoms with Gasteiger partial charge in [0, 0.05) is 24.7 Å². The zero-order chi connectivity index (χ0) is 13.4. The van der Waals surface area contributed by atoms with Crippen LogP contribution in [-0.2, 0) is 13.0 Å². The van der Waals surface area contributed by atoms with E-state index in [1.54, 1.807) is 12.5 Å². The Morgan fingerprint density at radius 3 is 3.15 bits per heavy atom. The molecule has 3 aromatic rings. The second-order valence-corrected chi connectivity index (χ2v) is 4.66. The van der Waals surface area contributed by atoms with Crippen LogP contribution in [0, 0.1) is 0 Å². The zero-order valence-corrected chi connectivity index (χ0v) is 10.7. The number of fused-ring (bicyclic) bond motifs is 1. The van der Waals surface area contributed by atoms with E-state index in [1.165, 1.54) is 6.39 Å². The highest BCUT2D eigenvalue weighted by atomic mass is 16.5. The minimum absolute atomic E-state index is 0.577. The minimum Gasteiger partial charge on any atom is -0.350 e. The summed E-state index contributed by atoms with van der Waals surface area (Å²) in [7, 11) is 0. The number of hydrogen-bond donors (Lipinski definition) is 1. The van der Waals surface area contributed by atoms with Crippen LogP contribution in [-0.4, -0.2) is 31.6 Å². The quantitative estimate of drug-likeness (QED) is 0.756. The molecule has 0 aromatic carbocycles. The molecule has 7 nitrogen and oxygen atoms in total. The summed E-state index contributed by atoms with van der Waals surface area (Å²) in [6.07, 6.45) is 5.76. The van der Waals surface area contributed by atoms with Gasteiger partial charge in [0.25, 0.3) is 0 Å². The van der Waals surface area contributed by atoms with Gasteiger partial charge in [-0.25, -0.2) is 9.97 Å². The number of pyridine rings is 1. The number of rotatable bonds is 2. The Morgan fingerprint density at radius 1 is 1.25 bits per heavy atom. The molecule has 3 aromatic heterocycles. The van der Waals surface area contributed by atoms with Crippen molar-refractivity contribution in [2.45, 2.75) is 13.0 Å². The molecule has 0 amide bonds. The first kappa shape index (κ1) is 11.2. The first-order valence-electron chi connectivity index (χ1n) is 6.39. The van der Waals surface area contributed by atoms with Crippen molar-refractivity contribution in [3.63, 3.8) is 0 Å². The lowest BCUT2D eigenvalue weighted by molar-refractivity contribution is 0.419. The van der Waals surface area contributed by atoms with Gasteiger partial charge < -0.3 is 14.4 Å². The number of nitrogens with one attached hydrogen (secondary N) is 1. The van der Waals surface area contributed by atoms with Crippen molar-refractivity contribution in [2.75, 3.05) is 11.4 Å². The van der Waals surface area contributed by atoms with Gasteiger partial charge in [-0.1, -0.05) is 5.16 Å². The lowest BCUT2D eigenvalue weighted by Crippen LogP contribution is -2.31. The highest BCUT2D eigenvalue weighted by Gasteiger charge is 2.19. The van der Waals surface area contributed by atoms with Gasteiger partial charge in [-0.05, 0) is 12.1 Å². The molecule has 0 saturated heterocycles. The molecule has 0 saturated carbocycles. The van der Waals surface area contributed by atoms with Crippen LogP contribution in [0.1, 0.15) is 11.4 Å². The number of aromatic amines is 1. The molecule has 1 aliphatic rings. The van der Waals surface area contributed by atoms with Crippen molar-refractivity contribution in [2.24, 2.45) is 0 Å². The lowest BCUT2D eigenvalue weighted by atomic mass is 10.1. The summed E-state index contributed by atoms with van der Waals surface area (Å²) < 4.78 is 4.78. The molecule has 1 N–H and O–H groups in total. The molecule has 0 unspecified atom stereocenters. The van der Waals surface area contributed by atoms with E-state index in [1.807, 2.05) is 12.1 Å². The van der Waals surface area contributed by atoms with E-state index in [0.717, 1.165) is 42.3 Å². The SMILES string of the molecule is c1cc(-c2ncon2)cc(N2CCc3nc[nH]c3C2)n1. The van der Waals surface area contributed by atoms with Crippen molar-refractivity contribution in [1.82, 2.24) is 25.1 Å². The summed E-state index contributed by atoms with van der Waals surface area (Å²) in [5, 5.41) is 3.85. The number of hydrogen-bond acceptors (Lipinski definition) is 6. The van der Waals surface area contributed by atoms with Gasteiger partial charge in [0.05, 0.1) is 24.3 Å². The molecule has 0 radical (unpaired) electrons. The molecule has 1 aliphatic heterocycles. The molecular formula is C13H12N6O. The van der Waals surface area contributed by atoms with Crippen LogP contribution < -0.4 is 4.90 Å². The molecule has 7 heteroatoms. The molecule has 4 heterocycles. The second-order valence-electron chi connectivity index (χ2n) is 4.66. The summed E-state index contributed by atoms with van der Waals surface area (Å²) in [4.78, 5) is 18.2. The molecule has 100 valence electrons. The highest BCUT2D eigenvalue weighted by Crippen LogP contribution is 2.24. The summed E-state index contributed by atoms with van der Waals surface area (Å²) >= 11 is 0. The Bertz CT molecular complexity index is 720. The fourth-order valence-corrected chi connectivity index (χ4v) is 2.44. The van der Waals surface area contributed by atoms with Gasteiger partial charge in [0.2, 0.25) is 12.2 Å². The molecule has 0 bridgehead atoms. The van der Waals surface area contributed by atoms with Gasteiger partial charge in [-0.3, -0.25) is 0 Å². The highest BCUT2D eigenvalue weighted by molar-refractivity contribution is 5.59. The molecule has 0 atom stereocenters. The largest absolute Gasteiger partial charge is 0.350 e. The summed E-state index contributed by atoms with van der Waals surface area (Å²) in [6.45, 7) is 1.69. The van der Waals surface area contributed by atoms with Gasteiger partial charge in [0.15, 0.2) is 0 Å². The van der Waals surface area contributed by atoms with Gasteiger partial charge >= 0.3 is 0 Å². The Labute approximate surface area is 114 Å². The van der Waals surface area contributed by atoms with E-state index in [2.05, 4.69) is 30.0 Å². The monoisotopic (exact) mass is 268 g/mol. The Hall–Kier alpha value is -2.70. The fourth-order valence-electron chi connectivity index (χ4n) is 2.44. The van der Waals surface area contributed by atoms with Crippen molar-refractivity contribution in [1.29, 1.82) is 0 Å². The molecule has 0 spiro atoms. The Morgan fingerprint density at radius 2 is 2.25 bits per heavy atom. The average molecular weight is 268 g/mol. The lowest BCUT2D eigenvalue weighted by Gasteiger charge is -2.27. The minimum atomic E-state index is 0.577. The summed E-state index contributed by atoms with van der Waals surface area (Å²) in [5.41, 5.74) is 3.21. The molecule has 0 aliphatic carbocycles. The van der Waals surface area contributed by atoms with Crippen molar-refractivity contribution in [3.05, 3.63) is 42.4 Å². The maximum absolute atomic E-state index is 4.78. The number of aromatic nitrogens is 5. The zero-order valence-electron chi connectivity index (χ0n) is 10.7. The third kappa shape index (κ3) is 1.83. The molecule has 0 fully saturated rings. The van der Waals surface area contributed by atoms with Crippen molar-refractivity contribution in [3.8, 4) is 11.4 Å². The summed E-state index contributed by atoms with van der Waals surface area (Å²) in [5.74, 6) is 1.49. The third-order valence-corrected chi connectivity index (χ3v) is 3.46. The topological polar surface area (TPSA) is 83.7 Å². The third-order valence-electron chi connectivity index (χ3n) is 3.46. The number of nitrogens with zero attached hydrogens (tertiary/aromatic N) is 5. The van der Waals surface area contributed by atoms with Crippen LogP contribution in [0.25, 0.3) is 11.4 Å². The van der Waals surface area contributed by atoms with Crippen molar-refractivity contribution >= 4 is 5.82 Å². The maximum Gasteiger partial charge on any atom is 0.214 e. The fraction of sp³-hybridized carbons (Fsp3) is 0.231. The first-order chi connectivity index (χ1) is 9.90. The normalized spacial score (nSPS) is 14.3. The number of anilines is 1. The molecule has 4 rings (SSSR count). The van der Waals surface area contributed by atoms with Gasteiger partial charge in [0.1, 0.15) is 5.82 Å². The Kier molecular flexibility index (Phi) is 2.48. The van der Waals surface area contributed by atoms with Crippen LogP contribution in [0.3, 0.4) is 0 Å². The first-order valence-corrected chi connectivity index (χ1v) is 6.39. The maximum atomic E-state index is 4.78. The Balaban J connectivity index is 1.65. The summed E-state index contributed by atoms with van der Waals surface area (Å²) in [6, 6.07) is 3.85. The van der Waals surface area contributed by atoms with E-state index >= 15 is 0 Å². The molecular weight excluding hydrogens is 256 g/mol. The van der Waals surface area contributed by atoms with Crippen molar-refractivity contribution < 1.29 is 4.52 Å². The van der Waals surface area contributed by atoms with Gasteiger partial charge in [-0.15, -0.1) is 0 Å². The number of imidazole rings is 1. The van der Waals surface area contributed by atoms with E-state index in [0.29, 0.717) is 5.82 Å². The van der Waals surface area contributed by atoms with Crippen LogP contribution in [0.2, 0.25) is 0 Å². The molecule has 20 heavy (non-hydrogen) atoms. The van der Waals surface area contributed by atoms with Crippen LogP contribution in [0.15, 0.2) is 35.6 Å². The van der Waals surface area contributed by atoms with E-state index < -0.39 is 0 Å². The average Bonchev–Trinajstić information content (AvgIpc) is 3.18. The van der Waals surface area contributed by atoms with E-state index in [4.69, 9.17) is 4.52 Å². The van der Waals surface area contributed by atoms with Crippen LogP contribution in [0.4, 0.5) is 5.82 Å². The second kappa shape index (κ2) is 4.44. The smallest absolute Gasteiger partial charge is 0.214 e. The number of H-pyrrole nitrogens is 1. The van der Waals surface area contributed by atoms with E-state index in [9.17, 15) is 0 Å². The van der Waals surface area contributed by atoms with Crippen LogP contribution >= 0.6 is 0 Å². The predicted molar refractivity (Wildman–Crippen MR) is 70.9 cm³/mol. The standard InChI is InChI=1S/C13H12N6O/c1-3-14-12(5-9(1)13-17-8-20-18-13)19-4-2-10-11(6-19)16-7-15-10/h1,3,5,7-8H,2,4,6H2,(H,15,16). The predicted octanol–water partition coefficient (Wildman–Crippen LogP) is 1.42. The van der Waals surface area contributed by atoms with Gasteiger partial charge in [-0.2, -0.15) is 4.98 Å².